The fourth-order valence-electron chi connectivity index (χ4n) is 1.70. The van der Waals surface area contributed by atoms with Crippen molar-refractivity contribution in [2.24, 2.45) is 0 Å². The number of hydrogen-bond donors (Lipinski definition) is 1. The number of nitrogens with one attached hydrogen (secondary N) is 1. The van der Waals surface area contributed by atoms with Gasteiger partial charge >= 0.3 is 6.18 Å². The van der Waals surface area contributed by atoms with E-state index in [1.54, 1.807) is 0 Å². The molecule has 0 spiro atoms. The predicted octanol–water partition coefficient (Wildman–Crippen LogP) is 3.86. The Morgan fingerprint density at radius 2 is 1.89 bits per heavy atom. The fourth-order valence-corrected chi connectivity index (χ4v) is 1.70. The maximum absolute atomic E-state index is 12.4. The summed E-state index contributed by atoms with van der Waals surface area (Å²) in [5.74, 6) is 0. The van der Waals surface area contributed by atoms with Crippen molar-refractivity contribution in [1.82, 2.24) is 5.32 Å². The molecule has 1 aromatic rings. The third-order valence-electron chi connectivity index (χ3n) is 2.90. The van der Waals surface area contributed by atoms with Crippen LogP contribution in [0.2, 0.25) is 0 Å². The minimum Gasteiger partial charge on any atom is -0.310 e. The molecule has 1 aromatic carbocycles. The third kappa shape index (κ3) is 3.88. The Morgan fingerprint density at radius 3 is 2.39 bits per heavy atom. The van der Waals surface area contributed by atoms with Crippen LogP contribution >= 0.6 is 0 Å². The molecule has 4 heteroatoms. The van der Waals surface area contributed by atoms with Crippen LogP contribution in [-0.2, 0) is 6.18 Å². The zero-order valence-electron chi connectivity index (χ0n) is 10.2. The maximum atomic E-state index is 12.4. The molecule has 0 unspecified atom stereocenters. The van der Waals surface area contributed by atoms with E-state index in [1.807, 2.05) is 13.0 Å². The summed E-state index contributed by atoms with van der Waals surface area (Å²) >= 11 is 0. The Labute approximate surface area is 105 Å². The number of hydrogen-bond acceptors (Lipinski definition) is 1. The van der Waals surface area contributed by atoms with Gasteiger partial charge < -0.3 is 5.32 Å². The van der Waals surface area contributed by atoms with E-state index in [0.29, 0.717) is 6.04 Å². The molecule has 0 bridgehead atoms. The first kappa shape index (κ1) is 13.1. The van der Waals surface area contributed by atoms with Crippen LogP contribution in [0.3, 0.4) is 0 Å². The highest BCUT2D eigenvalue weighted by atomic mass is 19.4. The number of benzene rings is 1. The lowest BCUT2D eigenvalue weighted by molar-refractivity contribution is -0.137. The highest BCUT2D eigenvalue weighted by molar-refractivity contribution is 5.53. The molecule has 0 radical (unpaired) electrons. The molecule has 1 aliphatic carbocycles. The summed E-state index contributed by atoms with van der Waals surface area (Å²) in [7, 11) is 0. The van der Waals surface area contributed by atoms with Gasteiger partial charge in [-0.2, -0.15) is 13.2 Å². The minimum absolute atomic E-state index is 0.603. The normalized spacial score (nSPS) is 17.0. The topological polar surface area (TPSA) is 12.0 Å². The Kier molecular flexibility index (Phi) is 3.76. The van der Waals surface area contributed by atoms with E-state index >= 15 is 0 Å². The van der Waals surface area contributed by atoms with Gasteiger partial charge in [0.1, 0.15) is 0 Å². The summed E-state index contributed by atoms with van der Waals surface area (Å²) in [5.41, 5.74) is 1.33. The van der Waals surface area contributed by atoms with Crippen LogP contribution in [0.1, 0.15) is 30.9 Å². The summed E-state index contributed by atoms with van der Waals surface area (Å²) in [6.45, 7) is 2.78. The molecule has 0 aromatic heterocycles. The molecule has 2 rings (SSSR count). The molecule has 1 aliphatic rings. The molecule has 1 saturated carbocycles. The molecule has 1 nitrogen and oxygen atoms in total. The molecule has 18 heavy (non-hydrogen) atoms. The minimum atomic E-state index is -4.26. The summed E-state index contributed by atoms with van der Waals surface area (Å²) < 4.78 is 37.1. The van der Waals surface area contributed by atoms with Gasteiger partial charge in [-0.05, 0) is 37.5 Å². The van der Waals surface area contributed by atoms with Crippen LogP contribution in [0.15, 0.2) is 29.8 Å². The van der Waals surface area contributed by atoms with Crippen LogP contribution in [-0.4, -0.2) is 12.6 Å². The van der Waals surface area contributed by atoms with Gasteiger partial charge in [-0.1, -0.05) is 23.8 Å². The predicted molar refractivity (Wildman–Crippen MR) is 66.1 cm³/mol. The van der Waals surface area contributed by atoms with Gasteiger partial charge in [0.15, 0.2) is 0 Å². The summed E-state index contributed by atoms with van der Waals surface area (Å²) in [5, 5.41) is 3.36. The lowest BCUT2D eigenvalue weighted by atomic mass is 10.1. The lowest BCUT2D eigenvalue weighted by Gasteiger charge is -2.07. The molecule has 1 fully saturated rings. The quantitative estimate of drug-likeness (QED) is 0.861. The van der Waals surface area contributed by atoms with Crippen molar-refractivity contribution < 1.29 is 13.2 Å². The van der Waals surface area contributed by atoms with Crippen molar-refractivity contribution in [3.8, 4) is 0 Å². The van der Waals surface area contributed by atoms with Gasteiger partial charge in [-0.25, -0.2) is 0 Å². The van der Waals surface area contributed by atoms with E-state index in [-0.39, 0.29) is 0 Å². The summed E-state index contributed by atoms with van der Waals surface area (Å²) in [6.07, 6.45) is 0.113. The largest absolute Gasteiger partial charge is 0.416 e. The van der Waals surface area contributed by atoms with E-state index in [1.165, 1.54) is 25.0 Å². The number of rotatable bonds is 4. The SMILES string of the molecule is CC(=Cc1ccc(C(F)(F)F)cc1)CNC1CC1. The van der Waals surface area contributed by atoms with Crippen LogP contribution in [0.4, 0.5) is 13.2 Å². The first-order chi connectivity index (χ1) is 8.45. The van der Waals surface area contributed by atoms with Crippen molar-refractivity contribution in [1.29, 1.82) is 0 Å². The van der Waals surface area contributed by atoms with Crippen molar-refractivity contribution in [2.45, 2.75) is 32.0 Å². The Morgan fingerprint density at radius 1 is 1.28 bits per heavy atom. The van der Waals surface area contributed by atoms with Gasteiger partial charge in [-0.15, -0.1) is 0 Å². The van der Waals surface area contributed by atoms with Crippen LogP contribution < -0.4 is 5.32 Å². The van der Waals surface area contributed by atoms with E-state index in [9.17, 15) is 13.2 Å². The zero-order chi connectivity index (χ0) is 13.2. The molecule has 0 aliphatic heterocycles. The molecular formula is C14H16F3N. The van der Waals surface area contributed by atoms with Crippen LogP contribution in [0, 0.1) is 0 Å². The van der Waals surface area contributed by atoms with E-state index in [0.717, 1.165) is 29.8 Å². The van der Waals surface area contributed by atoms with Crippen molar-refractivity contribution in [3.63, 3.8) is 0 Å². The monoisotopic (exact) mass is 255 g/mol. The van der Waals surface area contributed by atoms with Gasteiger partial charge in [0.2, 0.25) is 0 Å². The van der Waals surface area contributed by atoms with E-state index in [2.05, 4.69) is 5.32 Å². The molecule has 98 valence electrons. The first-order valence-corrected chi connectivity index (χ1v) is 6.03. The second kappa shape index (κ2) is 5.14. The molecule has 0 heterocycles. The van der Waals surface area contributed by atoms with Crippen LogP contribution in [0.5, 0.6) is 0 Å². The molecule has 0 atom stereocenters. The molecule has 0 saturated heterocycles. The molecular weight excluding hydrogens is 239 g/mol. The standard InChI is InChI=1S/C14H16F3N/c1-10(9-18-13-6-7-13)8-11-2-4-12(5-3-11)14(15,16)17/h2-5,8,13,18H,6-7,9H2,1H3. The fraction of sp³-hybridized carbons (Fsp3) is 0.429. The van der Waals surface area contributed by atoms with Gasteiger partial charge in [0, 0.05) is 12.6 Å². The smallest absolute Gasteiger partial charge is 0.310 e. The van der Waals surface area contributed by atoms with E-state index < -0.39 is 11.7 Å². The third-order valence-corrected chi connectivity index (χ3v) is 2.90. The van der Waals surface area contributed by atoms with Gasteiger partial charge in [0.25, 0.3) is 0 Å². The number of alkyl halides is 3. The van der Waals surface area contributed by atoms with Crippen molar-refractivity contribution >= 4 is 6.08 Å². The molecule has 0 amide bonds. The first-order valence-electron chi connectivity index (χ1n) is 6.03. The number of halogens is 3. The summed E-state index contributed by atoms with van der Waals surface area (Å²) in [6, 6.07) is 5.88. The Balaban J connectivity index is 1.97. The Hall–Kier alpha value is -1.29. The van der Waals surface area contributed by atoms with Crippen molar-refractivity contribution in [3.05, 3.63) is 41.0 Å². The zero-order valence-corrected chi connectivity index (χ0v) is 10.2. The van der Waals surface area contributed by atoms with Crippen molar-refractivity contribution in [2.75, 3.05) is 6.54 Å². The van der Waals surface area contributed by atoms with Gasteiger partial charge in [-0.3, -0.25) is 0 Å². The highest BCUT2D eigenvalue weighted by Crippen LogP contribution is 2.29. The maximum Gasteiger partial charge on any atom is 0.416 e. The van der Waals surface area contributed by atoms with Crippen LogP contribution in [0.25, 0.3) is 6.08 Å². The second-order valence-electron chi connectivity index (χ2n) is 4.77. The lowest BCUT2D eigenvalue weighted by Crippen LogP contribution is -2.18. The summed E-state index contributed by atoms with van der Waals surface area (Å²) in [4.78, 5) is 0. The van der Waals surface area contributed by atoms with Gasteiger partial charge in [0.05, 0.1) is 5.56 Å². The highest BCUT2D eigenvalue weighted by Gasteiger charge is 2.29. The average molecular weight is 255 g/mol. The molecule has 1 N–H and O–H groups in total. The average Bonchev–Trinajstić information content (AvgIpc) is 3.09. The second-order valence-corrected chi connectivity index (χ2v) is 4.77. The Bertz CT molecular complexity index is 427. The van der Waals surface area contributed by atoms with E-state index in [4.69, 9.17) is 0 Å².